The second kappa shape index (κ2) is 8.86. The van der Waals surface area contributed by atoms with Crippen molar-refractivity contribution in [2.45, 2.75) is 26.4 Å². The molecule has 186 valence electrons. The molecule has 2 heterocycles. The van der Waals surface area contributed by atoms with E-state index in [-0.39, 0.29) is 5.97 Å². The van der Waals surface area contributed by atoms with E-state index in [0.29, 0.717) is 27.8 Å². The molecule has 0 aromatic heterocycles. The monoisotopic (exact) mass is 510 g/mol. The topological polar surface area (TPSA) is 50.8 Å². The third-order valence-electron chi connectivity index (χ3n) is 7.31. The van der Waals surface area contributed by atoms with Crippen molar-refractivity contribution in [3.63, 3.8) is 0 Å². The summed E-state index contributed by atoms with van der Waals surface area (Å²) in [7, 11) is 0. The summed E-state index contributed by atoms with van der Waals surface area (Å²) in [5, 5.41) is 4.23. The Morgan fingerprint density at radius 3 is 2.11 bits per heavy atom. The highest BCUT2D eigenvalue weighted by atomic mass is 35.5. The van der Waals surface area contributed by atoms with Crippen LogP contribution in [0.25, 0.3) is 0 Å². The average Bonchev–Trinajstić information content (AvgIpc) is 3.21. The lowest BCUT2D eigenvalue weighted by Gasteiger charge is -2.36. The molecule has 0 amide bonds. The summed E-state index contributed by atoms with van der Waals surface area (Å²) in [4.78, 5) is 15.9. The number of carbonyl (C=O) groups is 1. The quantitative estimate of drug-likeness (QED) is 0.277. The van der Waals surface area contributed by atoms with Crippen molar-refractivity contribution in [3.8, 4) is 11.5 Å². The minimum atomic E-state index is -1.09. The molecule has 0 aliphatic carbocycles. The number of fused-ring (bicyclic) bond motifs is 6. The first-order valence-electron chi connectivity index (χ1n) is 12.5. The lowest BCUT2D eigenvalue weighted by molar-refractivity contribution is 0.0225. The van der Waals surface area contributed by atoms with E-state index in [9.17, 15) is 4.79 Å². The molecule has 37 heavy (non-hydrogen) atoms. The Morgan fingerprint density at radius 2 is 1.46 bits per heavy atom. The number of anilines is 3. The maximum atomic E-state index is 13.6. The van der Waals surface area contributed by atoms with E-state index in [1.54, 1.807) is 0 Å². The van der Waals surface area contributed by atoms with Crippen LogP contribution in [-0.2, 0) is 10.3 Å². The van der Waals surface area contributed by atoms with Crippen LogP contribution in [0.3, 0.4) is 0 Å². The molecule has 2 aliphatic heterocycles. The van der Waals surface area contributed by atoms with Gasteiger partial charge in [0.15, 0.2) is 5.60 Å². The first kappa shape index (κ1) is 23.4. The van der Waals surface area contributed by atoms with E-state index in [4.69, 9.17) is 21.1 Å². The second-order valence-corrected chi connectivity index (χ2v) is 9.72. The summed E-state index contributed by atoms with van der Waals surface area (Å²) in [6.45, 7) is 7.91. The van der Waals surface area contributed by atoms with Crippen LogP contribution in [0.5, 0.6) is 11.5 Å². The molecule has 0 saturated carbocycles. The van der Waals surface area contributed by atoms with Gasteiger partial charge in [0.25, 0.3) is 0 Å². The van der Waals surface area contributed by atoms with Gasteiger partial charge in [-0.25, -0.2) is 4.79 Å². The minimum Gasteiger partial charge on any atom is -0.456 e. The van der Waals surface area contributed by atoms with E-state index < -0.39 is 5.60 Å². The molecule has 0 saturated heterocycles. The van der Waals surface area contributed by atoms with E-state index in [2.05, 4.69) is 30.1 Å². The van der Waals surface area contributed by atoms with Gasteiger partial charge in [-0.05, 0) is 56.7 Å². The van der Waals surface area contributed by atoms with Gasteiger partial charge >= 0.3 is 5.97 Å². The predicted octanol–water partition coefficient (Wildman–Crippen LogP) is 7.81. The first-order valence-corrected chi connectivity index (χ1v) is 12.9. The second-order valence-electron chi connectivity index (χ2n) is 9.31. The number of aryl methyl sites for hydroxylation is 1. The van der Waals surface area contributed by atoms with Crippen molar-refractivity contribution in [1.29, 1.82) is 0 Å². The zero-order chi connectivity index (χ0) is 25.7. The molecule has 5 nitrogen and oxygen atoms in total. The van der Waals surface area contributed by atoms with Gasteiger partial charge in [-0.2, -0.15) is 0 Å². The van der Waals surface area contributed by atoms with Gasteiger partial charge < -0.3 is 19.7 Å². The number of hydrogen-bond acceptors (Lipinski definition) is 5. The zero-order valence-corrected chi connectivity index (χ0v) is 21.7. The van der Waals surface area contributed by atoms with Gasteiger partial charge in [0, 0.05) is 35.5 Å². The molecule has 4 aromatic carbocycles. The number of halogens is 1. The molecule has 0 unspecified atom stereocenters. The largest absolute Gasteiger partial charge is 0.456 e. The first-order chi connectivity index (χ1) is 18.0. The van der Waals surface area contributed by atoms with Gasteiger partial charge in [0.2, 0.25) is 0 Å². The molecular weight excluding hydrogens is 484 g/mol. The zero-order valence-electron chi connectivity index (χ0n) is 21.0. The highest BCUT2D eigenvalue weighted by molar-refractivity contribution is 6.33. The molecule has 2 aliphatic rings. The lowest BCUT2D eigenvalue weighted by Crippen LogP contribution is -2.32. The number of ether oxygens (including phenoxy) is 2. The molecule has 1 N–H and O–H groups in total. The normalized spacial score (nSPS) is 14.3. The van der Waals surface area contributed by atoms with Gasteiger partial charge in [-0.3, -0.25) is 0 Å². The minimum absolute atomic E-state index is 0.375. The fourth-order valence-electron chi connectivity index (χ4n) is 5.52. The number of hydrogen-bond donors (Lipinski definition) is 1. The molecule has 0 atom stereocenters. The third-order valence-corrected chi connectivity index (χ3v) is 7.62. The van der Waals surface area contributed by atoms with Crippen LogP contribution in [0.1, 0.15) is 46.5 Å². The van der Waals surface area contributed by atoms with Crippen molar-refractivity contribution in [2.75, 3.05) is 23.3 Å². The van der Waals surface area contributed by atoms with E-state index in [0.717, 1.165) is 46.7 Å². The van der Waals surface area contributed by atoms with Crippen LogP contribution in [0, 0.1) is 6.92 Å². The maximum Gasteiger partial charge on any atom is 0.342 e. The van der Waals surface area contributed by atoms with Crippen molar-refractivity contribution in [3.05, 3.63) is 112 Å². The van der Waals surface area contributed by atoms with Crippen molar-refractivity contribution in [1.82, 2.24) is 0 Å². The Morgan fingerprint density at radius 1 is 0.838 bits per heavy atom. The number of esters is 1. The summed E-state index contributed by atoms with van der Waals surface area (Å²) in [6, 6.07) is 25.4. The van der Waals surface area contributed by atoms with E-state index in [1.165, 1.54) is 0 Å². The Labute approximate surface area is 221 Å². The standard InChI is InChI=1S/C31H27ClN2O3/c1-4-34(5-2)26-18-25(19(3)17-23(26)32)33-24-14-10-13-22-29(24)30(35)37-31(22)20-11-6-8-15-27(20)36-28-16-9-7-12-21(28)31/h6-18,33H,4-5H2,1-3H3. The average molecular weight is 511 g/mol. The van der Waals surface area contributed by atoms with E-state index in [1.807, 2.05) is 79.7 Å². The number of nitrogens with one attached hydrogen (secondary N) is 1. The Bertz CT molecular complexity index is 1500. The van der Waals surface area contributed by atoms with Crippen LogP contribution >= 0.6 is 11.6 Å². The fourth-order valence-corrected chi connectivity index (χ4v) is 5.86. The highest BCUT2D eigenvalue weighted by Crippen LogP contribution is 2.56. The summed E-state index contributed by atoms with van der Waals surface area (Å²) in [5.74, 6) is 0.982. The maximum absolute atomic E-state index is 13.6. The highest BCUT2D eigenvalue weighted by Gasteiger charge is 2.54. The smallest absolute Gasteiger partial charge is 0.342 e. The number of rotatable bonds is 5. The summed E-state index contributed by atoms with van der Waals surface area (Å²) in [5.41, 5.74) is 5.37. The Balaban J connectivity index is 1.52. The van der Waals surface area contributed by atoms with Crippen LogP contribution in [-0.4, -0.2) is 19.1 Å². The van der Waals surface area contributed by atoms with Gasteiger partial charge in [0.05, 0.1) is 22.0 Å². The SMILES string of the molecule is CCN(CC)c1cc(Nc2cccc3c2C(=O)OC32c3ccccc3Oc3ccccc32)c(C)cc1Cl. The van der Waals surface area contributed by atoms with Crippen molar-refractivity contribution < 1.29 is 14.3 Å². The predicted molar refractivity (Wildman–Crippen MR) is 148 cm³/mol. The lowest BCUT2D eigenvalue weighted by atomic mass is 9.77. The number of para-hydroxylation sites is 2. The van der Waals surface area contributed by atoms with Crippen molar-refractivity contribution in [2.24, 2.45) is 0 Å². The molecule has 0 fully saturated rings. The van der Waals surface area contributed by atoms with Crippen LogP contribution in [0.15, 0.2) is 78.9 Å². The number of carbonyl (C=O) groups excluding carboxylic acids is 1. The van der Waals surface area contributed by atoms with Crippen LogP contribution < -0.4 is 15.0 Å². The third kappa shape index (κ3) is 3.49. The van der Waals surface area contributed by atoms with Gasteiger partial charge in [-0.1, -0.05) is 60.1 Å². The summed E-state index contributed by atoms with van der Waals surface area (Å²) >= 11 is 6.61. The Hall–Kier alpha value is -3.96. The molecule has 1 spiro atoms. The van der Waals surface area contributed by atoms with Crippen LogP contribution in [0.4, 0.5) is 17.1 Å². The van der Waals surface area contributed by atoms with E-state index >= 15 is 0 Å². The number of benzene rings is 4. The molecule has 4 aromatic rings. The van der Waals surface area contributed by atoms with Crippen LogP contribution in [0.2, 0.25) is 5.02 Å². The van der Waals surface area contributed by atoms with Crippen molar-refractivity contribution >= 4 is 34.6 Å². The number of nitrogens with zero attached hydrogens (tertiary/aromatic N) is 1. The van der Waals surface area contributed by atoms with Gasteiger partial charge in [0.1, 0.15) is 11.5 Å². The molecule has 6 heteroatoms. The fraction of sp³-hybridized carbons (Fsp3) is 0.194. The molecule has 0 bridgehead atoms. The molecular formula is C31H27ClN2O3. The summed E-state index contributed by atoms with van der Waals surface area (Å²) in [6.07, 6.45) is 0. The Kier molecular flexibility index (Phi) is 5.61. The van der Waals surface area contributed by atoms with Gasteiger partial charge in [-0.15, -0.1) is 0 Å². The molecule has 6 rings (SSSR count). The molecule has 0 radical (unpaired) electrons. The summed E-state index contributed by atoms with van der Waals surface area (Å²) < 4.78 is 12.5.